The first-order chi connectivity index (χ1) is 11.8. The Labute approximate surface area is 153 Å². The maximum absolute atomic E-state index is 12.1. The molecule has 0 saturated carbocycles. The number of ether oxygens (including phenoxy) is 2. The quantitative estimate of drug-likeness (QED) is 0.808. The molecule has 2 heterocycles. The van der Waals surface area contributed by atoms with E-state index >= 15 is 0 Å². The molecular formula is C18H28N2O4S. The first kappa shape index (κ1) is 19.7. The summed E-state index contributed by atoms with van der Waals surface area (Å²) in [5.41, 5.74) is -0.475. The molecule has 0 aromatic carbocycles. The average Bonchev–Trinajstić information content (AvgIpc) is 3.07. The van der Waals surface area contributed by atoms with Crippen LogP contribution in [-0.4, -0.2) is 48.8 Å². The highest BCUT2D eigenvalue weighted by Gasteiger charge is 2.29. The lowest BCUT2D eigenvalue weighted by Gasteiger charge is -2.35. The number of hydrogen-bond donors (Lipinski definition) is 1. The second-order valence-corrected chi connectivity index (χ2v) is 8.24. The topological polar surface area (TPSA) is 67.9 Å². The van der Waals surface area contributed by atoms with Crippen molar-refractivity contribution in [1.82, 2.24) is 10.2 Å². The summed E-state index contributed by atoms with van der Waals surface area (Å²) in [7, 11) is 1.41. The second kappa shape index (κ2) is 8.67. The highest BCUT2D eigenvalue weighted by molar-refractivity contribution is 7.10. The molecule has 0 aliphatic carbocycles. The van der Waals surface area contributed by atoms with Gasteiger partial charge in [-0.15, -0.1) is 11.3 Å². The van der Waals surface area contributed by atoms with Crippen LogP contribution in [0.2, 0.25) is 0 Å². The van der Waals surface area contributed by atoms with E-state index in [1.54, 1.807) is 16.2 Å². The Kier molecular flexibility index (Phi) is 6.84. The highest BCUT2D eigenvalue weighted by Crippen LogP contribution is 2.25. The van der Waals surface area contributed by atoms with E-state index in [4.69, 9.17) is 9.47 Å². The molecule has 6 nitrogen and oxygen atoms in total. The van der Waals surface area contributed by atoms with Crippen molar-refractivity contribution in [2.24, 2.45) is 0 Å². The van der Waals surface area contributed by atoms with E-state index < -0.39 is 5.60 Å². The van der Waals surface area contributed by atoms with Crippen molar-refractivity contribution in [2.45, 2.75) is 57.7 Å². The molecule has 0 bridgehead atoms. The molecule has 25 heavy (non-hydrogen) atoms. The minimum absolute atomic E-state index is 0.0504. The summed E-state index contributed by atoms with van der Waals surface area (Å²) in [6.07, 6.45) is 1.73. The van der Waals surface area contributed by atoms with Crippen LogP contribution in [0.25, 0.3) is 0 Å². The number of carbonyl (C=O) groups is 2. The zero-order valence-electron chi connectivity index (χ0n) is 15.4. The fourth-order valence-electron chi connectivity index (χ4n) is 2.82. The number of piperidine rings is 1. The smallest absolute Gasteiger partial charge is 0.410 e. The van der Waals surface area contributed by atoms with Crippen molar-refractivity contribution in [3.05, 3.63) is 22.4 Å². The molecule has 0 spiro atoms. The number of nitrogens with one attached hydrogen (secondary N) is 1. The summed E-state index contributed by atoms with van der Waals surface area (Å²) in [6.45, 7) is 6.93. The number of likely N-dealkylation sites (tertiary alicyclic amines) is 1. The maximum atomic E-state index is 12.1. The first-order valence-corrected chi connectivity index (χ1v) is 9.50. The summed E-state index contributed by atoms with van der Waals surface area (Å²) < 4.78 is 10.2. The fourth-order valence-corrected chi connectivity index (χ4v) is 3.61. The molecule has 1 aliphatic rings. The van der Waals surface area contributed by atoms with Gasteiger partial charge in [-0.2, -0.15) is 0 Å². The number of rotatable bonds is 5. The molecule has 1 amide bonds. The van der Waals surface area contributed by atoms with Gasteiger partial charge in [0.25, 0.3) is 0 Å². The van der Waals surface area contributed by atoms with E-state index in [9.17, 15) is 9.59 Å². The van der Waals surface area contributed by atoms with Gasteiger partial charge in [0.1, 0.15) is 5.60 Å². The van der Waals surface area contributed by atoms with Gasteiger partial charge in [0.05, 0.1) is 19.6 Å². The van der Waals surface area contributed by atoms with Gasteiger partial charge < -0.3 is 19.7 Å². The molecule has 1 unspecified atom stereocenters. The number of hydrogen-bond acceptors (Lipinski definition) is 6. The number of esters is 1. The van der Waals surface area contributed by atoms with Crippen LogP contribution < -0.4 is 5.32 Å². The molecule has 140 valence electrons. The summed E-state index contributed by atoms with van der Waals surface area (Å²) in [5.74, 6) is -0.225. The van der Waals surface area contributed by atoms with Crippen LogP contribution in [0.5, 0.6) is 0 Å². The lowest BCUT2D eigenvalue weighted by Crippen LogP contribution is -2.47. The predicted molar refractivity (Wildman–Crippen MR) is 97.7 cm³/mol. The second-order valence-electron chi connectivity index (χ2n) is 7.26. The molecule has 0 radical (unpaired) electrons. The van der Waals surface area contributed by atoms with Gasteiger partial charge in [0.15, 0.2) is 0 Å². The van der Waals surface area contributed by atoms with Gasteiger partial charge in [-0.05, 0) is 45.1 Å². The third-order valence-corrected chi connectivity index (χ3v) is 5.05. The third-order valence-electron chi connectivity index (χ3n) is 4.07. The van der Waals surface area contributed by atoms with Crippen molar-refractivity contribution < 1.29 is 19.1 Å². The van der Waals surface area contributed by atoms with E-state index in [2.05, 4.69) is 5.32 Å². The molecule has 1 aromatic rings. The van der Waals surface area contributed by atoms with Crippen LogP contribution >= 0.6 is 11.3 Å². The van der Waals surface area contributed by atoms with Gasteiger partial charge in [0, 0.05) is 24.0 Å². The summed E-state index contributed by atoms with van der Waals surface area (Å²) in [5, 5.41) is 5.57. The molecule has 1 aromatic heterocycles. The van der Waals surface area contributed by atoms with Crippen molar-refractivity contribution in [3.63, 3.8) is 0 Å². The molecule has 1 saturated heterocycles. The molecular weight excluding hydrogens is 340 g/mol. The van der Waals surface area contributed by atoms with Crippen LogP contribution in [0.3, 0.4) is 0 Å². The van der Waals surface area contributed by atoms with Gasteiger partial charge in [-0.3, -0.25) is 4.79 Å². The number of nitrogens with zero attached hydrogens (tertiary/aromatic N) is 1. The number of amides is 1. The molecule has 1 N–H and O–H groups in total. The first-order valence-electron chi connectivity index (χ1n) is 8.62. The van der Waals surface area contributed by atoms with Crippen LogP contribution in [-0.2, 0) is 14.3 Å². The van der Waals surface area contributed by atoms with E-state index in [1.807, 2.05) is 38.3 Å². The number of carbonyl (C=O) groups excluding carboxylic acids is 2. The Hall–Kier alpha value is -1.60. The minimum Gasteiger partial charge on any atom is -0.469 e. The summed E-state index contributed by atoms with van der Waals surface area (Å²) >= 11 is 1.63. The van der Waals surface area contributed by atoms with Crippen molar-refractivity contribution in [1.29, 1.82) is 0 Å². The monoisotopic (exact) mass is 368 g/mol. The fraction of sp³-hybridized carbons (Fsp3) is 0.667. The number of thiophene rings is 1. The Morgan fingerprint density at radius 2 is 2.04 bits per heavy atom. The average molecular weight is 368 g/mol. The Morgan fingerprint density at radius 1 is 1.36 bits per heavy atom. The maximum Gasteiger partial charge on any atom is 0.410 e. The van der Waals surface area contributed by atoms with Gasteiger partial charge in [0.2, 0.25) is 0 Å². The standard InChI is InChI=1S/C18H28N2O4S/c1-18(2,3)24-17(22)20-9-7-13(8-10-20)19-14(12-16(21)23-4)15-6-5-11-25-15/h5-6,11,13-14,19H,7-10,12H2,1-4H3. The highest BCUT2D eigenvalue weighted by atomic mass is 32.1. The molecule has 7 heteroatoms. The van der Waals surface area contributed by atoms with E-state index in [0.717, 1.165) is 17.7 Å². The lowest BCUT2D eigenvalue weighted by atomic mass is 10.0. The van der Waals surface area contributed by atoms with Crippen LogP contribution in [0.15, 0.2) is 17.5 Å². The number of methoxy groups -OCH3 is 1. The predicted octanol–water partition coefficient (Wildman–Crippen LogP) is 3.34. The zero-order valence-corrected chi connectivity index (χ0v) is 16.2. The Morgan fingerprint density at radius 3 is 2.56 bits per heavy atom. The normalized spacial score (nSPS) is 17.2. The third kappa shape index (κ3) is 6.32. The summed E-state index contributed by atoms with van der Waals surface area (Å²) in [6, 6.07) is 4.22. The van der Waals surface area contributed by atoms with Crippen molar-refractivity contribution in [2.75, 3.05) is 20.2 Å². The van der Waals surface area contributed by atoms with E-state index in [-0.39, 0.29) is 24.1 Å². The molecule has 2 rings (SSSR count). The zero-order chi connectivity index (χ0) is 18.4. The molecule has 1 atom stereocenters. The van der Waals surface area contributed by atoms with Gasteiger partial charge >= 0.3 is 12.1 Å². The Bertz CT molecular complexity index is 560. The van der Waals surface area contributed by atoms with Gasteiger partial charge in [-0.25, -0.2) is 4.79 Å². The summed E-state index contributed by atoms with van der Waals surface area (Å²) in [4.78, 5) is 26.7. The molecule has 1 aliphatic heterocycles. The molecule has 1 fully saturated rings. The van der Waals surface area contributed by atoms with Crippen LogP contribution in [0.4, 0.5) is 4.79 Å². The minimum atomic E-state index is -0.475. The van der Waals surface area contributed by atoms with Crippen molar-refractivity contribution >= 4 is 23.4 Å². The lowest BCUT2D eigenvalue weighted by molar-refractivity contribution is -0.141. The van der Waals surface area contributed by atoms with E-state index in [0.29, 0.717) is 19.5 Å². The van der Waals surface area contributed by atoms with E-state index in [1.165, 1.54) is 7.11 Å². The Balaban J connectivity index is 1.88. The van der Waals surface area contributed by atoms with Crippen molar-refractivity contribution in [3.8, 4) is 0 Å². The SMILES string of the molecule is COC(=O)CC(NC1CCN(C(=O)OC(C)(C)C)CC1)c1cccs1. The van der Waals surface area contributed by atoms with Crippen LogP contribution in [0.1, 0.15) is 51.0 Å². The van der Waals surface area contributed by atoms with Crippen LogP contribution in [0, 0.1) is 0 Å². The largest absolute Gasteiger partial charge is 0.469 e. The van der Waals surface area contributed by atoms with Gasteiger partial charge in [-0.1, -0.05) is 6.07 Å².